The van der Waals surface area contributed by atoms with Crippen LogP contribution in [0.25, 0.3) is 0 Å². The molecule has 1 aromatic carbocycles. The minimum Gasteiger partial charge on any atom is -0.480 e. The van der Waals surface area contributed by atoms with Gasteiger partial charge in [0.2, 0.25) is 5.91 Å². The summed E-state index contributed by atoms with van der Waals surface area (Å²) in [6.45, 7) is 2.94. The van der Waals surface area contributed by atoms with Crippen LogP contribution in [-0.2, 0) is 9.59 Å². The van der Waals surface area contributed by atoms with Crippen LogP contribution in [0.1, 0.15) is 19.8 Å². The summed E-state index contributed by atoms with van der Waals surface area (Å²) in [6.07, 6.45) is 0.955. The second-order valence-corrected chi connectivity index (χ2v) is 5.36. The molecule has 2 N–H and O–H groups in total. The number of nitrogens with zero attached hydrogens (tertiary/aromatic N) is 1. The summed E-state index contributed by atoms with van der Waals surface area (Å²) in [7, 11) is 0. The van der Waals surface area contributed by atoms with Gasteiger partial charge in [-0.1, -0.05) is 19.1 Å². The van der Waals surface area contributed by atoms with E-state index >= 15 is 0 Å². The quantitative estimate of drug-likeness (QED) is 0.871. The van der Waals surface area contributed by atoms with E-state index in [0.717, 1.165) is 6.42 Å². The number of carboxylic acid groups (broad SMARTS) is 1. The van der Waals surface area contributed by atoms with E-state index in [2.05, 4.69) is 5.32 Å². The van der Waals surface area contributed by atoms with Gasteiger partial charge < -0.3 is 10.4 Å². The summed E-state index contributed by atoms with van der Waals surface area (Å²) in [4.78, 5) is 24.8. The van der Waals surface area contributed by atoms with Crippen LogP contribution in [0.3, 0.4) is 0 Å². The van der Waals surface area contributed by atoms with Crippen LogP contribution in [0.4, 0.5) is 10.1 Å². The smallest absolute Gasteiger partial charge is 0.321 e. The zero-order chi connectivity index (χ0) is 15.4. The predicted octanol–water partition coefficient (Wildman–Crippen LogP) is 1.95. The highest BCUT2D eigenvalue weighted by molar-refractivity contribution is 5.91. The summed E-state index contributed by atoms with van der Waals surface area (Å²) >= 11 is 0. The van der Waals surface area contributed by atoms with E-state index < -0.39 is 17.8 Å². The summed E-state index contributed by atoms with van der Waals surface area (Å²) in [5, 5.41) is 11.7. The van der Waals surface area contributed by atoms with Gasteiger partial charge >= 0.3 is 5.97 Å². The molecule has 0 spiro atoms. The third-order valence-electron chi connectivity index (χ3n) is 3.83. The van der Waals surface area contributed by atoms with Gasteiger partial charge in [-0.25, -0.2) is 4.39 Å². The number of aliphatic carboxylic acids is 1. The van der Waals surface area contributed by atoms with Gasteiger partial charge in [-0.15, -0.1) is 0 Å². The predicted molar refractivity (Wildman–Crippen MR) is 76.4 cm³/mol. The van der Waals surface area contributed by atoms with E-state index in [1.54, 1.807) is 17.0 Å². The molecule has 1 saturated heterocycles. The van der Waals surface area contributed by atoms with Crippen molar-refractivity contribution >= 4 is 17.6 Å². The van der Waals surface area contributed by atoms with Gasteiger partial charge in [0.05, 0.1) is 5.69 Å². The minimum atomic E-state index is -0.852. The molecule has 1 aliphatic rings. The number of hydrogen-bond acceptors (Lipinski definition) is 3. The van der Waals surface area contributed by atoms with Crippen molar-refractivity contribution in [3.63, 3.8) is 0 Å². The van der Waals surface area contributed by atoms with Crippen molar-refractivity contribution in [2.75, 3.05) is 18.4 Å². The molecule has 114 valence electrons. The zero-order valence-electron chi connectivity index (χ0n) is 11.9. The van der Waals surface area contributed by atoms with Crippen LogP contribution in [0.2, 0.25) is 0 Å². The molecule has 2 rings (SSSR count). The molecular formula is C15H19FN2O3. The first-order valence-electron chi connectivity index (χ1n) is 7.00. The second-order valence-electron chi connectivity index (χ2n) is 5.36. The fourth-order valence-electron chi connectivity index (χ4n) is 2.70. The molecule has 1 aliphatic heterocycles. The van der Waals surface area contributed by atoms with Gasteiger partial charge in [0.1, 0.15) is 11.9 Å². The van der Waals surface area contributed by atoms with Crippen LogP contribution in [-0.4, -0.2) is 41.0 Å². The number of benzene rings is 1. The molecule has 0 radical (unpaired) electrons. The molecule has 21 heavy (non-hydrogen) atoms. The number of amides is 1. The second kappa shape index (κ2) is 6.67. The lowest BCUT2D eigenvalue weighted by molar-refractivity contribution is -0.143. The van der Waals surface area contributed by atoms with Crippen molar-refractivity contribution in [2.45, 2.75) is 25.8 Å². The molecule has 0 aliphatic carbocycles. The molecule has 0 aromatic heterocycles. The maximum absolute atomic E-state index is 13.4. The van der Waals surface area contributed by atoms with Crippen molar-refractivity contribution in [1.82, 2.24) is 4.90 Å². The number of nitrogens with one attached hydrogen (secondary N) is 1. The molecule has 1 fully saturated rings. The van der Waals surface area contributed by atoms with E-state index in [0.29, 0.717) is 13.1 Å². The van der Waals surface area contributed by atoms with Gasteiger partial charge in [0.25, 0.3) is 0 Å². The van der Waals surface area contributed by atoms with Gasteiger partial charge in [-0.05, 0) is 31.0 Å². The van der Waals surface area contributed by atoms with Gasteiger partial charge in [-0.3, -0.25) is 14.5 Å². The number of carboxylic acids is 1. The Balaban J connectivity index is 1.87. The topological polar surface area (TPSA) is 69.6 Å². The number of carbonyl (C=O) groups excluding carboxylic acids is 1. The first kappa shape index (κ1) is 15.4. The number of rotatable bonds is 5. The first-order valence-corrected chi connectivity index (χ1v) is 7.00. The average molecular weight is 294 g/mol. The fraction of sp³-hybridized carbons (Fsp3) is 0.467. The van der Waals surface area contributed by atoms with E-state index in [4.69, 9.17) is 0 Å². The monoisotopic (exact) mass is 294 g/mol. The lowest BCUT2D eigenvalue weighted by Gasteiger charge is -2.22. The SMILES string of the molecule is CC1CCN(CCC(=O)Nc2ccccc2F)C1C(=O)O. The third kappa shape index (κ3) is 3.78. The Hall–Kier alpha value is -1.95. The van der Waals surface area contributed by atoms with Crippen LogP contribution < -0.4 is 5.32 Å². The Kier molecular flexibility index (Phi) is 4.90. The normalized spacial score (nSPS) is 22.2. The van der Waals surface area contributed by atoms with E-state index in [9.17, 15) is 19.1 Å². The number of hydrogen-bond donors (Lipinski definition) is 2. The molecule has 6 heteroatoms. The number of likely N-dealkylation sites (tertiary alicyclic amines) is 1. The summed E-state index contributed by atoms with van der Waals surface area (Å²) in [6, 6.07) is 5.42. The number of anilines is 1. The highest BCUT2D eigenvalue weighted by Gasteiger charge is 2.36. The molecule has 5 nitrogen and oxygen atoms in total. The van der Waals surface area contributed by atoms with Crippen molar-refractivity contribution in [3.8, 4) is 0 Å². The molecule has 1 aromatic rings. The van der Waals surface area contributed by atoms with Crippen molar-refractivity contribution in [3.05, 3.63) is 30.1 Å². The zero-order valence-corrected chi connectivity index (χ0v) is 11.9. The Labute approximate surface area is 122 Å². The first-order chi connectivity index (χ1) is 9.99. The van der Waals surface area contributed by atoms with Crippen molar-refractivity contribution < 1.29 is 19.1 Å². The average Bonchev–Trinajstić information content (AvgIpc) is 2.80. The highest BCUT2D eigenvalue weighted by Crippen LogP contribution is 2.24. The largest absolute Gasteiger partial charge is 0.480 e. The van der Waals surface area contributed by atoms with Crippen LogP contribution in [0.5, 0.6) is 0 Å². The number of carbonyl (C=O) groups is 2. The highest BCUT2D eigenvalue weighted by atomic mass is 19.1. The van der Waals surface area contributed by atoms with Crippen LogP contribution in [0, 0.1) is 11.7 Å². The molecule has 0 bridgehead atoms. The summed E-state index contributed by atoms with van der Waals surface area (Å²) < 4.78 is 13.4. The lowest BCUT2D eigenvalue weighted by Crippen LogP contribution is -2.40. The van der Waals surface area contributed by atoms with Crippen LogP contribution >= 0.6 is 0 Å². The minimum absolute atomic E-state index is 0.0807. The lowest BCUT2D eigenvalue weighted by atomic mass is 10.0. The van der Waals surface area contributed by atoms with Crippen molar-refractivity contribution in [2.24, 2.45) is 5.92 Å². The van der Waals surface area contributed by atoms with E-state index in [1.807, 2.05) is 6.92 Å². The summed E-state index contributed by atoms with van der Waals surface area (Å²) in [5.41, 5.74) is 0.145. The van der Waals surface area contributed by atoms with E-state index in [1.165, 1.54) is 12.1 Å². The van der Waals surface area contributed by atoms with Gasteiger partial charge in [0, 0.05) is 13.0 Å². The van der Waals surface area contributed by atoms with Crippen LogP contribution in [0.15, 0.2) is 24.3 Å². The molecule has 0 saturated carbocycles. The van der Waals surface area contributed by atoms with Crippen molar-refractivity contribution in [1.29, 1.82) is 0 Å². The Morgan fingerprint density at radius 1 is 1.43 bits per heavy atom. The Morgan fingerprint density at radius 3 is 2.81 bits per heavy atom. The number of halogens is 1. The Bertz CT molecular complexity index is 535. The molecule has 2 unspecified atom stereocenters. The molecule has 2 atom stereocenters. The van der Waals surface area contributed by atoms with Gasteiger partial charge in [0.15, 0.2) is 0 Å². The fourth-order valence-corrected chi connectivity index (χ4v) is 2.70. The van der Waals surface area contributed by atoms with Gasteiger partial charge in [-0.2, -0.15) is 0 Å². The molecule has 1 heterocycles. The molecule has 1 amide bonds. The summed E-state index contributed by atoms with van der Waals surface area (Å²) in [5.74, 6) is -1.57. The number of para-hydroxylation sites is 1. The maximum Gasteiger partial charge on any atom is 0.321 e. The maximum atomic E-state index is 13.4. The Morgan fingerprint density at radius 2 is 2.14 bits per heavy atom. The third-order valence-corrected chi connectivity index (χ3v) is 3.83. The van der Waals surface area contributed by atoms with E-state index in [-0.39, 0.29) is 23.9 Å². The molecular weight excluding hydrogens is 275 g/mol. The standard InChI is InChI=1S/C15H19FN2O3/c1-10-6-8-18(14(10)15(20)21)9-7-13(19)17-12-5-3-2-4-11(12)16/h2-5,10,14H,6-9H2,1H3,(H,17,19)(H,20,21).